The molecule has 1 rings (SSSR count). The molecule has 1 heterocycles. The first-order valence-electron chi connectivity index (χ1n) is 5.89. The Bertz CT molecular complexity index is 220. The minimum Gasteiger partial charge on any atom is -0.355 e. The molecule has 0 aromatic heterocycles. The molecule has 1 amide bonds. The molecule has 0 aromatic rings. The van der Waals surface area contributed by atoms with Crippen molar-refractivity contribution in [2.45, 2.75) is 46.6 Å². The number of hydrogen-bond donors (Lipinski definition) is 2. The van der Waals surface area contributed by atoms with E-state index in [1.807, 2.05) is 0 Å². The van der Waals surface area contributed by atoms with E-state index in [2.05, 4.69) is 38.3 Å². The number of hydrogen-bond acceptors (Lipinski definition) is 2. The van der Waals surface area contributed by atoms with Crippen molar-refractivity contribution in [2.75, 3.05) is 13.1 Å². The summed E-state index contributed by atoms with van der Waals surface area (Å²) >= 11 is 0. The molecule has 3 nitrogen and oxygen atoms in total. The Morgan fingerprint density at radius 3 is 2.67 bits per heavy atom. The van der Waals surface area contributed by atoms with Gasteiger partial charge in [-0.25, -0.2) is 0 Å². The third kappa shape index (κ3) is 4.65. The lowest BCUT2D eigenvalue weighted by atomic mass is 9.91. The maximum atomic E-state index is 11.9. The number of carbonyl (C=O) groups excluding carboxylic acids is 1. The molecule has 1 aliphatic heterocycles. The summed E-state index contributed by atoms with van der Waals surface area (Å²) in [6.45, 7) is 10.3. The van der Waals surface area contributed by atoms with Gasteiger partial charge in [0.05, 0.1) is 0 Å². The van der Waals surface area contributed by atoms with Crippen molar-refractivity contribution in [1.29, 1.82) is 0 Å². The number of amides is 1. The summed E-state index contributed by atoms with van der Waals surface area (Å²) in [5, 5.41) is 6.41. The van der Waals surface area contributed by atoms with Crippen LogP contribution >= 0.6 is 0 Å². The number of carbonyl (C=O) groups is 1. The standard InChI is InChI=1S/C12H24N2O/c1-9-7-10(5-6-13-9)11(15)14-8-12(2,3)4/h9-10,13H,5-8H2,1-4H3,(H,14,15). The molecule has 88 valence electrons. The Kier molecular flexibility index (Phi) is 4.14. The van der Waals surface area contributed by atoms with Crippen LogP contribution in [-0.4, -0.2) is 25.0 Å². The monoisotopic (exact) mass is 212 g/mol. The van der Waals surface area contributed by atoms with Gasteiger partial charge in [-0.3, -0.25) is 4.79 Å². The fourth-order valence-corrected chi connectivity index (χ4v) is 1.87. The van der Waals surface area contributed by atoms with Gasteiger partial charge in [-0.1, -0.05) is 20.8 Å². The summed E-state index contributed by atoms with van der Waals surface area (Å²) < 4.78 is 0. The Balaban J connectivity index is 2.33. The van der Waals surface area contributed by atoms with Crippen LogP contribution in [0.1, 0.15) is 40.5 Å². The fourth-order valence-electron chi connectivity index (χ4n) is 1.87. The second-order valence-corrected chi connectivity index (χ2v) is 5.85. The summed E-state index contributed by atoms with van der Waals surface area (Å²) in [6.07, 6.45) is 1.94. The summed E-state index contributed by atoms with van der Waals surface area (Å²) in [4.78, 5) is 11.9. The molecule has 0 aliphatic carbocycles. The predicted molar refractivity (Wildman–Crippen MR) is 62.7 cm³/mol. The first-order chi connectivity index (χ1) is 6.88. The highest BCUT2D eigenvalue weighted by Gasteiger charge is 2.25. The van der Waals surface area contributed by atoms with Crippen LogP contribution in [0.2, 0.25) is 0 Å². The van der Waals surface area contributed by atoms with E-state index in [1.54, 1.807) is 0 Å². The minimum absolute atomic E-state index is 0.175. The Morgan fingerprint density at radius 1 is 1.47 bits per heavy atom. The SMILES string of the molecule is CC1CC(C(=O)NCC(C)(C)C)CCN1. The van der Waals surface area contributed by atoms with Gasteiger partial charge in [-0.05, 0) is 31.7 Å². The lowest BCUT2D eigenvalue weighted by Crippen LogP contribution is -2.44. The van der Waals surface area contributed by atoms with Crippen LogP contribution in [0.3, 0.4) is 0 Å². The third-order valence-electron chi connectivity index (χ3n) is 2.79. The van der Waals surface area contributed by atoms with Gasteiger partial charge in [-0.2, -0.15) is 0 Å². The average molecular weight is 212 g/mol. The molecule has 1 fully saturated rings. The Morgan fingerprint density at radius 2 is 2.13 bits per heavy atom. The quantitative estimate of drug-likeness (QED) is 0.729. The molecule has 0 saturated carbocycles. The van der Waals surface area contributed by atoms with Crippen LogP contribution in [0.4, 0.5) is 0 Å². The highest BCUT2D eigenvalue weighted by Crippen LogP contribution is 2.17. The van der Waals surface area contributed by atoms with Gasteiger partial charge in [0.2, 0.25) is 5.91 Å². The molecule has 0 bridgehead atoms. The lowest BCUT2D eigenvalue weighted by molar-refractivity contribution is -0.126. The number of nitrogens with one attached hydrogen (secondary N) is 2. The first kappa shape index (κ1) is 12.5. The molecule has 0 spiro atoms. The summed E-state index contributed by atoms with van der Waals surface area (Å²) in [7, 11) is 0. The summed E-state index contributed by atoms with van der Waals surface area (Å²) in [6, 6.07) is 0.476. The Hall–Kier alpha value is -0.570. The van der Waals surface area contributed by atoms with Gasteiger partial charge in [0.25, 0.3) is 0 Å². The molecule has 15 heavy (non-hydrogen) atoms. The predicted octanol–water partition coefficient (Wildman–Crippen LogP) is 1.54. The van der Waals surface area contributed by atoms with Gasteiger partial charge in [0.1, 0.15) is 0 Å². The van der Waals surface area contributed by atoms with E-state index in [-0.39, 0.29) is 17.2 Å². The van der Waals surface area contributed by atoms with Crippen LogP contribution in [0.5, 0.6) is 0 Å². The van der Waals surface area contributed by atoms with Crippen molar-refractivity contribution >= 4 is 5.91 Å². The van der Waals surface area contributed by atoms with E-state index in [0.29, 0.717) is 6.04 Å². The molecule has 0 aromatic carbocycles. The first-order valence-corrected chi connectivity index (χ1v) is 5.89. The van der Waals surface area contributed by atoms with Gasteiger partial charge >= 0.3 is 0 Å². The van der Waals surface area contributed by atoms with Crippen LogP contribution in [0.25, 0.3) is 0 Å². The molecule has 2 atom stereocenters. The molecular weight excluding hydrogens is 188 g/mol. The number of piperidine rings is 1. The molecule has 1 aliphatic rings. The van der Waals surface area contributed by atoms with Crippen molar-refractivity contribution in [3.05, 3.63) is 0 Å². The molecule has 1 saturated heterocycles. The van der Waals surface area contributed by atoms with E-state index in [0.717, 1.165) is 25.9 Å². The topological polar surface area (TPSA) is 41.1 Å². The van der Waals surface area contributed by atoms with Gasteiger partial charge in [0.15, 0.2) is 0 Å². The van der Waals surface area contributed by atoms with Crippen LogP contribution in [-0.2, 0) is 4.79 Å². The average Bonchev–Trinajstić information content (AvgIpc) is 2.13. The van der Waals surface area contributed by atoms with Crippen molar-refractivity contribution in [1.82, 2.24) is 10.6 Å². The third-order valence-corrected chi connectivity index (χ3v) is 2.79. The molecular formula is C12H24N2O. The molecule has 2 N–H and O–H groups in total. The maximum absolute atomic E-state index is 11.9. The zero-order chi connectivity index (χ0) is 11.5. The van der Waals surface area contributed by atoms with E-state index in [9.17, 15) is 4.79 Å². The zero-order valence-electron chi connectivity index (χ0n) is 10.4. The van der Waals surface area contributed by atoms with Crippen LogP contribution < -0.4 is 10.6 Å². The molecule has 3 heteroatoms. The normalized spacial score (nSPS) is 27.5. The van der Waals surface area contributed by atoms with E-state index in [4.69, 9.17) is 0 Å². The highest BCUT2D eigenvalue weighted by molar-refractivity contribution is 5.78. The number of rotatable bonds is 2. The van der Waals surface area contributed by atoms with Gasteiger partial charge in [-0.15, -0.1) is 0 Å². The van der Waals surface area contributed by atoms with Crippen molar-refractivity contribution < 1.29 is 4.79 Å². The van der Waals surface area contributed by atoms with Crippen molar-refractivity contribution in [3.63, 3.8) is 0 Å². The van der Waals surface area contributed by atoms with Crippen LogP contribution in [0.15, 0.2) is 0 Å². The van der Waals surface area contributed by atoms with Crippen molar-refractivity contribution in [2.24, 2.45) is 11.3 Å². The lowest BCUT2D eigenvalue weighted by Gasteiger charge is -2.28. The Labute approximate surface area is 93.0 Å². The largest absolute Gasteiger partial charge is 0.355 e. The molecule has 0 radical (unpaired) electrons. The van der Waals surface area contributed by atoms with E-state index >= 15 is 0 Å². The zero-order valence-corrected chi connectivity index (χ0v) is 10.4. The highest BCUT2D eigenvalue weighted by atomic mass is 16.1. The summed E-state index contributed by atoms with van der Waals surface area (Å²) in [5.74, 6) is 0.446. The van der Waals surface area contributed by atoms with Gasteiger partial charge in [0, 0.05) is 18.5 Å². The van der Waals surface area contributed by atoms with E-state index < -0.39 is 0 Å². The smallest absolute Gasteiger partial charge is 0.223 e. The maximum Gasteiger partial charge on any atom is 0.223 e. The minimum atomic E-state index is 0.175. The summed E-state index contributed by atoms with van der Waals surface area (Å²) in [5.41, 5.74) is 0.175. The second kappa shape index (κ2) is 4.97. The fraction of sp³-hybridized carbons (Fsp3) is 0.917. The molecule has 2 unspecified atom stereocenters. The van der Waals surface area contributed by atoms with E-state index in [1.165, 1.54) is 0 Å². The van der Waals surface area contributed by atoms with Crippen LogP contribution in [0, 0.1) is 11.3 Å². The second-order valence-electron chi connectivity index (χ2n) is 5.85. The van der Waals surface area contributed by atoms with Crippen molar-refractivity contribution in [3.8, 4) is 0 Å². The van der Waals surface area contributed by atoms with Gasteiger partial charge < -0.3 is 10.6 Å².